The van der Waals surface area contributed by atoms with Crippen molar-refractivity contribution >= 4 is 23.3 Å². The van der Waals surface area contributed by atoms with E-state index in [4.69, 9.17) is 11.6 Å². The first kappa shape index (κ1) is 18.1. The largest absolute Gasteiger partial charge is 0.343 e. The van der Waals surface area contributed by atoms with Gasteiger partial charge >= 0.3 is 0 Å². The molecule has 4 nitrogen and oxygen atoms in total. The third-order valence-corrected chi connectivity index (χ3v) is 4.14. The highest BCUT2D eigenvalue weighted by Gasteiger charge is 2.14. The van der Waals surface area contributed by atoms with Crippen molar-refractivity contribution in [2.75, 3.05) is 13.1 Å². The number of likely N-dealkylation sites (N-methyl/N-ethyl adjacent to an activating group) is 1. The van der Waals surface area contributed by atoms with Crippen LogP contribution in [-0.2, 0) is 11.2 Å². The van der Waals surface area contributed by atoms with Crippen LogP contribution in [-0.4, -0.2) is 34.7 Å². The van der Waals surface area contributed by atoms with E-state index in [9.17, 15) is 9.59 Å². The molecule has 24 heavy (non-hydrogen) atoms. The molecule has 2 rings (SSSR count). The van der Waals surface area contributed by atoms with Crippen molar-refractivity contribution in [3.8, 4) is 0 Å². The second-order valence-corrected chi connectivity index (χ2v) is 5.95. The van der Waals surface area contributed by atoms with Gasteiger partial charge in [0.05, 0.1) is 0 Å². The molecule has 0 fully saturated rings. The van der Waals surface area contributed by atoms with Crippen LogP contribution in [0.25, 0.3) is 0 Å². The highest BCUT2D eigenvalue weighted by atomic mass is 35.5. The first-order chi connectivity index (χ1) is 11.6. The lowest BCUT2D eigenvalue weighted by molar-refractivity contribution is -0.130. The molecule has 1 heterocycles. The number of carbonyl (C=O) groups is 2. The van der Waals surface area contributed by atoms with E-state index in [-0.39, 0.29) is 24.5 Å². The van der Waals surface area contributed by atoms with Crippen LogP contribution in [0.4, 0.5) is 0 Å². The number of benzene rings is 1. The summed E-state index contributed by atoms with van der Waals surface area (Å²) >= 11 is 5.81. The third kappa shape index (κ3) is 5.46. The summed E-state index contributed by atoms with van der Waals surface area (Å²) in [6.45, 7) is 3.24. The van der Waals surface area contributed by atoms with Crippen molar-refractivity contribution < 1.29 is 9.59 Å². The van der Waals surface area contributed by atoms with Gasteiger partial charge in [-0.3, -0.25) is 14.6 Å². The Kier molecular flexibility index (Phi) is 6.94. The molecule has 0 aliphatic carbocycles. The molecule has 0 atom stereocenters. The van der Waals surface area contributed by atoms with Gasteiger partial charge in [0.2, 0.25) is 5.91 Å². The lowest BCUT2D eigenvalue weighted by Gasteiger charge is -2.20. The molecule has 126 valence electrons. The molecule has 0 N–H and O–H groups in total. The van der Waals surface area contributed by atoms with E-state index in [1.54, 1.807) is 41.6 Å². The van der Waals surface area contributed by atoms with E-state index in [0.717, 1.165) is 12.0 Å². The lowest BCUT2D eigenvalue weighted by Crippen LogP contribution is -2.32. The molecule has 0 aliphatic heterocycles. The number of halogens is 1. The molecular weight excluding hydrogens is 324 g/mol. The predicted octanol–water partition coefficient (Wildman–Crippen LogP) is 3.79. The van der Waals surface area contributed by atoms with Crippen molar-refractivity contribution in [2.24, 2.45) is 0 Å². The molecule has 1 aromatic heterocycles. The van der Waals surface area contributed by atoms with Crippen LogP contribution in [0.15, 0.2) is 48.8 Å². The monoisotopic (exact) mass is 344 g/mol. The zero-order valence-electron chi connectivity index (χ0n) is 13.7. The van der Waals surface area contributed by atoms with E-state index in [2.05, 4.69) is 4.98 Å². The molecule has 0 saturated heterocycles. The van der Waals surface area contributed by atoms with E-state index in [0.29, 0.717) is 23.7 Å². The molecule has 1 amide bonds. The first-order valence-corrected chi connectivity index (χ1v) is 8.43. The topological polar surface area (TPSA) is 50.3 Å². The van der Waals surface area contributed by atoms with Gasteiger partial charge in [0.25, 0.3) is 0 Å². The smallest absolute Gasteiger partial charge is 0.223 e. The maximum Gasteiger partial charge on any atom is 0.223 e. The number of nitrogens with zero attached hydrogens (tertiary/aromatic N) is 2. The minimum atomic E-state index is -0.0368. The molecule has 2 aromatic rings. The van der Waals surface area contributed by atoms with Crippen LogP contribution in [0.2, 0.25) is 5.02 Å². The minimum Gasteiger partial charge on any atom is -0.343 e. The maximum atomic E-state index is 12.3. The van der Waals surface area contributed by atoms with Gasteiger partial charge in [-0.15, -0.1) is 0 Å². The van der Waals surface area contributed by atoms with Crippen molar-refractivity contribution in [3.05, 3.63) is 64.9 Å². The Hall–Kier alpha value is -2.20. The van der Waals surface area contributed by atoms with E-state index < -0.39 is 0 Å². The highest BCUT2D eigenvalue weighted by Crippen LogP contribution is 2.12. The van der Waals surface area contributed by atoms with E-state index in [1.807, 2.05) is 19.1 Å². The van der Waals surface area contributed by atoms with Crippen LogP contribution < -0.4 is 0 Å². The zero-order chi connectivity index (χ0) is 17.4. The molecule has 0 spiro atoms. The molecule has 0 unspecified atom stereocenters. The Morgan fingerprint density at radius 1 is 1.04 bits per heavy atom. The highest BCUT2D eigenvalue weighted by molar-refractivity contribution is 6.30. The SMILES string of the molecule is CCN(CCc1ccncc1)C(=O)CCC(=O)c1ccc(Cl)cc1. The van der Waals surface area contributed by atoms with Crippen LogP contribution in [0.5, 0.6) is 0 Å². The fourth-order valence-electron chi connectivity index (χ4n) is 2.43. The third-order valence-electron chi connectivity index (χ3n) is 3.89. The number of carbonyl (C=O) groups excluding carboxylic acids is 2. The molecule has 1 aromatic carbocycles. The van der Waals surface area contributed by atoms with Gasteiger partial charge in [0, 0.05) is 48.9 Å². The first-order valence-electron chi connectivity index (χ1n) is 8.05. The van der Waals surface area contributed by atoms with Gasteiger partial charge in [0.1, 0.15) is 0 Å². The molecule has 0 radical (unpaired) electrons. The number of ketones is 1. The Balaban J connectivity index is 1.83. The van der Waals surface area contributed by atoms with Gasteiger partial charge in [-0.25, -0.2) is 0 Å². The van der Waals surface area contributed by atoms with Crippen molar-refractivity contribution in [1.29, 1.82) is 0 Å². The maximum absolute atomic E-state index is 12.3. The summed E-state index contributed by atoms with van der Waals surface area (Å²) in [6, 6.07) is 10.6. The number of hydrogen-bond donors (Lipinski definition) is 0. The number of Topliss-reactive ketones (excluding diaryl/α,β-unsaturated/α-hetero) is 1. The zero-order valence-corrected chi connectivity index (χ0v) is 14.5. The summed E-state index contributed by atoms with van der Waals surface area (Å²) in [4.78, 5) is 30.2. The Labute approximate surface area is 147 Å². The standard InChI is InChI=1S/C19H21ClN2O2/c1-2-22(14-11-15-9-12-21-13-10-15)19(24)8-7-18(23)16-3-5-17(20)6-4-16/h3-6,9-10,12-13H,2,7-8,11,14H2,1H3. The summed E-state index contributed by atoms with van der Waals surface area (Å²) in [6.07, 6.45) is 4.72. The van der Waals surface area contributed by atoms with Gasteiger partial charge in [-0.1, -0.05) is 11.6 Å². The molecule has 0 saturated carbocycles. The van der Waals surface area contributed by atoms with Crippen molar-refractivity contribution in [2.45, 2.75) is 26.2 Å². The Morgan fingerprint density at radius 3 is 2.33 bits per heavy atom. The summed E-state index contributed by atoms with van der Waals surface area (Å²) in [7, 11) is 0. The summed E-state index contributed by atoms with van der Waals surface area (Å²) < 4.78 is 0. The van der Waals surface area contributed by atoms with Gasteiger partial charge in [-0.05, 0) is 55.3 Å². The fourth-order valence-corrected chi connectivity index (χ4v) is 2.56. The van der Waals surface area contributed by atoms with Crippen molar-refractivity contribution in [3.63, 3.8) is 0 Å². The second kappa shape index (κ2) is 9.18. The Morgan fingerprint density at radius 2 is 1.71 bits per heavy atom. The lowest BCUT2D eigenvalue weighted by atomic mass is 10.1. The fraction of sp³-hybridized carbons (Fsp3) is 0.316. The van der Waals surface area contributed by atoms with Gasteiger partial charge < -0.3 is 4.90 Å². The molecular formula is C19H21ClN2O2. The van der Waals surface area contributed by atoms with E-state index in [1.165, 1.54) is 0 Å². The van der Waals surface area contributed by atoms with Gasteiger partial charge in [-0.2, -0.15) is 0 Å². The van der Waals surface area contributed by atoms with Crippen LogP contribution in [0.3, 0.4) is 0 Å². The average Bonchev–Trinajstić information content (AvgIpc) is 2.61. The molecule has 0 aliphatic rings. The van der Waals surface area contributed by atoms with E-state index >= 15 is 0 Å². The normalized spacial score (nSPS) is 10.4. The number of aromatic nitrogens is 1. The summed E-state index contributed by atoms with van der Waals surface area (Å²) in [5.41, 5.74) is 1.74. The number of amides is 1. The number of pyridine rings is 1. The van der Waals surface area contributed by atoms with Crippen LogP contribution >= 0.6 is 11.6 Å². The summed E-state index contributed by atoms with van der Waals surface area (Å²) in [5.74, 6) is -0.0286. The Bertz CT molecular complexity index is 672. The molecule has 0 bridgehead atoms. The molecule has 5 heteroatoms. The predicted molar refractivity (Wildman–Crippen MR) is 95.2 cm³/mol. The van der Waals surface area contributed by atoms with Crippen LogP contribution in [0.1, 0.15) is 35.7 Å². The van der Waals surface area contributed by atoms with Crippen LogP contribution in [0, 0.1) is 0 Å². The number of hydrogen-bond acceptors (Lipinski definition) is 3. The second-order valence-electron chi connectivity index (χ2n) is 5.51. The summed E-state index contributed by atoms with van der Waals surface area (Å²) in [5, 5.41) is 0.593. The minimum absolute atomic E-state index is 0.00821. The van der Waals surface area contributed by atoms with Gasteiger partial charge in [0.15, 0.2) is 5.78 Å². The quantitative estimate of drug-likeness (QED) is 0.684. The number of rotatable bonds is 8. The average molecular weight is 345 g/mol. The van der Waals surface area contributed by atoms with Crippen molar-refractivity contribution in [1.82, 2.24) is 9.88 Å².